The van der Waals surface area contributed by atoms with Crippen LogP contribution in [0.5, 0.6) is 11.5 Å². The van der Waals surface area contributed by atoms with E-state index in [1.165, 1.54) is 0 Å². The number of rotatable bonds is 6. The standard InChI is InChI=1S/C16H14BrClO3/c1-11-8-14(3-4-15(11)18)20-6-7-21-16-5-2-13(17)9-12(16)10-19/h2-5,8-10H,6-7H2,1H3. The third-order valence-corrected chi connectivity index (χ3v) is 3.76. The number of aryl methyl sites for hydroxylation is 1. The normalized spacial score (nSPS) is 10.2. The van der Waals surface area contributed by atoms with Crippen molar-refractivity contribution in [2.45, 2.75) is 6.92 Å². The number of aldehydes is 1. The number of benzene rings is 2. The zero-order valence-corrected chi connectivity index (χ0v) is 13.8. The molecule has 2 rings (SSSR count). The molecule has 0 saturated carbocycles. The molecule has 110 valence electrons. The Hall–Kier alpha value is -1.52. The summed E-state index contributed by atoms with van der Waals surface area (Å²) in [6, 6.07) is 10.8. The summed E-state index contributed by atoms with van der Waals surface area (Å²) in [6.07, 6.45) is 0.767. The summed E-state index contributed by atoms with van der Waals surface area (Å²) < 4.78 is 12.0. The van der Waals surface area contributed by atoms with Gasteiger partial charge in [0.05, 0.1) is 5.56 Å². The molecule has 0 unspecified atom stereocenters. The van der Waals surface area contributed by atoms with Crippen LogP contribution >= 0.6 is 27.5 Å². The van der Waals surface area contributed by atoms with Crippen molar-refractivity contribution in [1.82, 2.24) is 0 Å². The number of carbonyl (C=O) groups excluding carboxylic acids is 1. The minimum absolute atomic E-state index is 0.351. The third kappa shape index (κ3) is 4.48. The maximum atomic E-state index is 11.0. The van der Waals surface area contributed by atoms with Gasteiger partial charge in [-0.25, -0.2) is 0 Å². The maximum absolute atomic E-state index is 11.0. The van der Waals surface area contributed by atoms with E-state index in [4.69, 9.17) is 21.1 Å². The van der Waals surface area contributed by atoms with Crippen LogP contribution < -0.4 is 9.47 Å². The summed E-state index contributed by atoms with van der Waals surface area (Å²) >= 11 is 9.26. The molecule has 3 nitrogen and oxygen atoms in total. The van der Waals surface area contributed by atoms with Gasteiger partial charge < -0.3 is 9.47 Å². The molecular formula is C16H14BrClO3. The van der Waals surface area contributed by atoms with Gasteiger partial charge in [-0.3, -0.25) is 4.79 Å². The SMILES string of the molecule is Cc1cc(OCCOc2ccc(Br)cc2C=O)ccc1Cl. The van der Waals surface area contributed by atoms with Crippen LogP contribution in [-0.2, 0) is 0 Å². The highest BCUT2D eigenvalue weighted by atomic mass is 79.9. The van der Waals surface area contributed by atoms with Crippen LogP contribution in [0.2, 0.25) is 5.02 Å². The Morgan fingerprint density at radius 3 is 2.62 bits per heavy atom. The third-order valence-electron chi connectivity index (χ3n) is 2.84. The van der Waals surface area contributed by atoms with Crippen molar-refractivity contribution in [3.63, 3.8) is 0 Å². The van der Waals surface area contributed by atoms with Crippen molar-refractivity contribution in [3.8, 4) is 11.5 Å². The van der Waals surface area contributed by atoms with Crippen LogP contribution in [0.25, 0.3) is 0 Å². The first-order chi connectivity index (χ1) is 10.1. The molecule has 0 heterocycles. The molecule has 0 aliphatic carbocycles. The first-order valence-corrected chi connectivity index (χ1v) is 7.53. The van der Waals surface area contributed by atoms with Gasteiger partial charge in [-0.05, 0) is 48.9 Å². The van der Waals surface area contributed by atoms with Crippen molar-refractivity contribution in [2.24, 2.45) is 0 Å². The predicted octanol–water partition coefficient (Wildman–Crippen LogP) is 4.68. The molecule has 0 bridgehead atoms. The largest absolute Gasteiger partial charge is 0.490 e. The Kier molecular flexibility index (Phi) is 5.65. The molecule has 0 atom stereocenters. The molecule has 0 radical (unpaired) electrons. The second-order valence-corrected chi connectivity index (χ2v) is 5.73. The van der Waals surface area contributed by atoms with Gasteiger partial charge in [-0.1, -0.05) is 27.5 Å². The zero-order valence-electron chi connectivity index (χ0n) is 11.4. The summed E-state index contributed by atoms with van der Waals surface area (Å²) in [7, 11) is 0. The number of hydrogen-bond acceptors (Lipinski definition) is 3. The Balaban J connectivity index is 1.87. The van der Waals surface area contributed by atoms with Crippen LogP contribution in [0.1, 0.15) is 15.9 Å². The van der Waals surface area contributed by atoms with E-state index in [9.17, 15) is 4.79 Å². The molecule has 2 aromatic carbocycles. The summed E-state index contributed by atoms with van der Waals surface area (Å²) in [5.74, 6) is 1.29. The second-order valence-electron chi connectivity index (χ2n) is 4.41. The molecule has 0 saturated heterocycles. The van der Waals surface area contributed by atoms with Crippen LogP contribution in [0.15, 0.2) is 40.9 Å². The van der Waals surface area contributed by atoms with E-state index in [-0.39, 0.29) is 0 Å². The summed E-state index contributed by atoms with van der Waals surface area (Å²) in [4.78, 5) is 11.0. The molecule has 0 N–H and O–H groups in total. The highest BCUT2D eigenvalue weighted by Gasteiger charge is 2.04. The minimum Gasteiger partial charge on any atom is -0.490 e. The van der Waals surface area contributed by atoms with Gasteiger partial charge in [0.2, 0.25) is 0 Å². The second kappa shape index (κ2) is 7.48. The Labute approximate surface area is 137 Å². The molecule has 0 amide bonds. The van der Waals surface area contributed by atoms with Crippen molar-refractivity contribution >= 4 is 33.8 Å². The average molecular weight is 370 g/mol. The van der Waals surface area contributed by atoms with Crippen molar-refractivity contribution < 1.29 is 14.3 Å². The predicted molar refractivity (Wildman–Crippen MR) is 86.7 cm³/mol. The smallest absolute Gasteiger partial charge is 0.153 e. The number of ether oxygens (including phenoxy) is 2. The molecule has 5 heteroatoms. The van der Waals surface area contributed by atoms with E-state index in [0.29, 0.717) is 29.5 Å². The lowest BCUT2D eigenvalue weighted by atomic mass is 10.2. The summed E-state index contributed by atoms with van der Waals surface area (Å²) in [6.45, 7) is 2.66. The van der Waals surface area contributed by atoms with Gasteiger partial charge in [-0.15, -0.1) is 0 Å². The zero-order chi connectivity index (χ0) is 15.2. The topological polar surface area (TPSA) is 35.5 Å². The van der Waals surface area contributed by atoms with E-state index in [0.717, 1.165) is 22.1 Å². The van der Waals surface area contributed by atoms with E-state index >= 15 is 0 Å². The molecule has 0 aromatic heterocycles. The van der Waals surface area contributed by atoms with Crippen molar-refractivity contribution in [1.29, 1.82) is 0 Å². The van der Waals surface area contributed by atoms with E-state index < -0.39 is 0 Å². The highest BCUT2D eigenvalue weighted by Crippen LogP contribution is 2.22. The van der Waals surface area contributed by atoms with Gasteiger partial charge in [0, 0.05) is 9.50 Å². The molecule has 21 heavy (non-hydrogen) atoms. The van der Waals surface area contributed by atoms with Crippen molar-refractivity contribution in [3.05, 3.63) is 57.0 Å². The molecule has 0 aliphatic heterocycles. The summed E-state index contributed by atoms with van der Waals surface area (Å²) in [5.41, 5.74) is 1.47. The molecule has 0 aliphatic rings. The highest BCUT2D eigenvalue weighted by molar-refractivity contribution is 9.10. The molecular weight excluding hydrogens is 356 g/mol. The Bertz CT molecular complexity index is 643. The monoisotopic (exact) mass is 368 g/mol. The molecule has 0 fully saturated rings. The lowest BCUT2D eigenvalue weighted by Gasteiger charge is -2.10. The van der Waals surface area contributed by atoms with Gasteiger partial charge in [0.25, 0.3) is 0 Å². The number of hydrogen-bond donors (Lipinski definition) is 0. The summed E-state index contributed by atoms with van der Waals surface area (Å²) in [5, 5.41) is 0.712. The Morgan fingerprint density at radius 1 is 1.14 bits per heavy atom. The fraction of sp³-hybridized carbons (Fsp3) is 0.188. The van der Waals surface area contributed by atoms with Crippen LogP contribution in [-0.4, -0.2) is 19.5 Å². The quantitative estimate of drug-likeness (QED) is 0.548. The van der Waals surface area contributed by atoms with Gasteiger partial charge in [-0.2, -0.15) is 0 Å². The van der Waals surface area contributed by atoms with Crippen LogP contribution in [0, 0.1) is 6.92 Å². The lowest BCUT2D eigenvalue weighted by Crippen LogP contribution is -2.10. The minimum atomic E-state index is 0.351. The van der Waals surface area contributed by atoms with Crippen LogP contribution in [0.3, 0.4) is 0 Å². The maximum Gasteiger partial charge on any atom is 0.153 e. The van der Waals surface area contributed by atoms with Crippen LogP contribution in [0.4, 0.5) is 0 Å². The molecule has 0 spiro atoms. The average Bonchev–Trinajstić information content (AvgIpc) is 2.48. The van der Waals surface area contributed by atoms with Crippen molar-refractivity contribution in [2.75, 3.05) is 13.2 Å². The number of carbonyl (C=O) groups is 1. The van der Waals surface area contributed by atoms with E-state index in [1.807, 2.05) is 25.1 Å². The molecule has 2 aromatic rings. The fourth-order valence-corrected chi connectivity index (χ4v) is 2.26. The fourth-order valence-electron chi connectivity index (χ4n) is 1.76. The van der Waals surface area contributed by atoms with Gasteiger partial charge in [0.1, 0.15) is 24.7 Å². The van der Waals surface area contributed by atoms with Gasteiger partial charge >= 0.3 is 0 Å². The first kappa shape index (κ1) is 15.9. The number of halogens is 2. The first-order valence-electron chi connectivity index (χ1n) is 6.36. The lowest BCUT2D eigenvalue weighted by molar-refractivity contribution is 0.111. The van der Waals surface area contributed by atoms with E-state index in [2.05, 4.69) is 15.9 Å². The van der Waals surface area contributed by atoms with Gasteiger partial charge in [0.15, 0.2) is 6.29 Å². The Morgan fingerprint density at radius 2 is 1.90 bits per heavy atom. The van der Waals surface area contributed by atoms with E-state index in [1.54, 1.807) is 18.2 Å².